The molecule has 0 bridgehead atoms. The van der Waals surface area contributed by atoms with Crippen LogP contribution in [-0.4, -0.2) is 17.1 Å². The number of alkyl halides is 2. The van der Waals surface area contributed by atoms with Crippen molar-refractivity contribution < 1.29 is 18.3 Å². The fourth-order valence-corrected chi connectivity index (χ4v) is 2.52. The summed E-state index contributed by atoms with van der Waals surface area (Å²) >= 11 is 0. The second-order valence-electron chi connectivity index (χ2n) is 5.36. The van der Waals surface area contributed by atoms with Crippen LogP contribution >= 0.6 is 0 Å². The van der Waals surface area contributed by atoms with Crippen molar-refractivity contribution in [3.05, 3.63) is 66.1 Å². The van der Waals surface area contributed by atoms with Gasteiger partial charge in [0, 0.05) is 17.3 Å². The first-order valence-corrected chi connectivity index (χ1v) is 7.60. The van der Waals surface area contributed by atoms with Crippen LogP contribution in [-0.2, 0) is 0 Å². The van der Waals surface area contributed by atoms with Crippen LogP contribution in [0.3, 0.4) is 0 Å². The molecule has 1 aromatic heterocycles. The molecule has 0 aliphatic rings. The normalized spacial score (nSPS) is 10.8. The van der Waals surface area contributed by atoms with Gasteiger partial charge < -0.3 is 9.47 Å². The number of nitrogens with zero attached hydrogens (tertiary/aromatic N) is 2. The Hall–Kier alpha value is -3.02. The molecule has 0 fully saturated rings. The van der Waals surface area contributed by atoms with Crippen molar-refractivity contribution in [1.29, 1.82) is 0 Å². The van der Waals surface area contributed by atoms with Crippen LogP contribution in [0, 0.1) is 6.92 Å². The first-order valence-electron chi connectivity index (χ1n) is 7.60. The van der Waals surface area contributed by atoms with Crippen LogP contribution in [0.2, 0.25) is 0 Å². The number of benzene rings is 2. The van der Waals surface area contributed by atoms with Crippen molar-refractivity contribution in [2.45, 2.75) is 13.3 Å². The summed E-state index contributed by atoms with van der Waals surface area (Å²) in [4.78, 5) is 8.22. The summed E-state index contributed by atoms with van der Waals surface area (Å²) in [7, 11) is 1.58. The molecule has 2 aromatic carbocycles. The number of para-hydroxylation sites is 1. The van der Waals surface area contributed by atoms with E-state index in [1.807, 2.05) is 24.3 Å². The highest BCUT2D eigenvalue weighted by Crippen LogP contribution is 2.36. The first kappa shape index (κ1) is 16.8. The number of methoxy groups -OCH3 is 1. The molecule has 0 spiro atoms. The minimum absolute atomic E-state index is 0.0139. The van der Waals surface area contributed by atoms with Crippen molar-refractivity contribution >= 4 is 0 Å². The molecule has 128 valence electrons. The van der Waals surface area contributed by atoms with Crippen LogP contribution < -0.4 is 9.47 Å². The summed E-state index contributed by atoms with van der Waals surface area (Å²) in [6, 6.07) is 11.9. The molecule has 6 heteroatoms. The van der Waals surface area contributed by atoms with E-state index in [0.29, 0.717) is 28.5 Å². The molecular formula is C19H16F2N2O2. The number of halogens is 2. The van der Waals surface area contributed by atoms with Gasteiger partial charge in [0.1, 0.15) is 17.8 Å². The van der Waals surface area contributed by atoms with Crippen molar-refractivity contribution in [3.63, 3.8) is 0 Å². The average Bonchev–Trinajstić information content (AvgIpc) is 2.62. The Balaban J connectivity index is 1.98. The third-order valence-electron chi connectivity index (χ3n) is 3.76. The van der Waals surface area contributed by atoms with E-state index in [1.54, 1.807) is 26.3 Å². The predicted molar refractivity (Wildman–Crippen MR) is 90.2 cm³/mol. The highest BCUT2D eigenvalue weighted by molar-refractivity contribution is 5.73. The molecular weight excluding hydrogens is 326 g/mol. The van der Waals surface area contributed by atoms with E-state index in [-0.39, 0.29) is 5.56 Å². The van der Waals surface area contributed by atoms with Gasteiger partial charge in [-0.05, 0) is 36.8 Å². The van der Waals surface area contributed by atoms with E-state index >= 15 is 0 Å². The molecule has 0 N–H and O–H groups in total. The maximum absolute atomic E-state index is 12.9. The lowest BCUT2D eigenvalue weighted by molar-refractivity contribution is 0.150. The molecule has 3 aromatic rings. The van der Waals surface area contributed by atoms with Gasteiger partial charge in [-0.15, -0.1) is 0 Å². The van der Waals surface area contributed by atoms with E-state index in [1.165, 1.54) is 18.5 Å². The highest BCUT2D eigenvalue weighted by atomic mass is 19.3. The number of aryl methyl sites for hydroxylation is 1. The van der Waals surface area contributed by atoms with Gasteiger partial charge in [0.2, 0.25) is 5.88 Å². The summed E-state index contributed by atoms with van der Waals surface area (Å²) in [5.41, 5.74) is 1.87. The van der Waals surface area contributed by atoms with Gasteiger partial charge in [-0.3, -0.25) is 0 Å². The zero-order valence-corrected chi connectivity index (χ0v) is 13.7. The number of ether oxygens (including phenoxy) is 2. The number of aromatic nitrogens is 2. The van der Waals surface area contributed by atoms with E-state index in [4.69, 9.17) is 9.47 Å². The Kier molecular flexibility index (Phi) is 4.88. The van der Waals surface area contributed by atoms with Crippen molar-refractivity contribution in [3.8, 4) is 28.5 Å². The van der Waals surface area contributed by atoms with Crippen LogP contribution in [0.1, 0.15) is 17.6 Å². The minimum atomic E-state index is -2.52. The Morgan fingerprint density at radius 2 is 1.84 bits per heavy atom. The van der Waals surface area contributed by atoms with Crippen LogP contribution in [0.4, 0.5) is 8.78 Å². The summed E-state index contributed by atoms with van der Waals surface area (Å²) in [5, 5.41) is 0. The second kappa shape index (κ2) is 7.25. The van der Waals surface area contributed by atoms with Crippen molar-refractivity contribution in [1.82, 2.24) is 9.97 Å². The molecule has 0 amide bonds. The molecule has 25 heavy (non-hydrogen) atoms. The van der Waals surface area contributed by atoms with Crippen LogP contribution in [0.15, 0.2) is 55.0 Å². The Morgan fingerprint density at radius 3 is 2.56 bits per heavy atom. The molecule has 0 saturated carbocycles. The number of rotatable bonds is 5. The summed E-state index contributed by atoms with van der Waals surface area (Å²) in [6.07, 6.45) is 0.479. The van der Waals surface area contributed by atoms with Gasteiger partial charge in [-0.25, -0.2) is 18.7 Å². The van der Waals surface area contributed by atoms with Gasteiger partial charge >= 0.3 is 0 Å². The standard InChI is InChI=1S/C19H16F2N2O2/c1-12-9-13(7-8-14(12)18(20)21)25-19-16(10-22-11-23-19)15-5-3-4-6-17(15)24-2/h3-11,18H,1-2H3. The Bertz CT molecular complexity index is 885. The molecule has 1 heterocycles. The average molecular weight is 342 g/mol. The largest absolute Gasteiger partial charge is 0.496 e. The van der Waals surface area contributed by atoms with Crippen LogP contribution in [0.5, 0.6) is 17.4 Å². The molecule has 0 atom stereocenters. The van der Waals surface area contributed by atoms with E-state index in [0.717, 1.165) is 5.56 Å². The van der Waals surface area contributed by atoms with E-state index < -0.39 is 6.43 Å². The van der Waals surface area contributed by atoms with Gasteiger partial charge in [-0.2, -0.15) is 0 Å². The molecule has 3 rings (SSSR count). The van der Waals surface area contributed by atoms with Crippen molar-refractivity contribution in [2.24, 2.45) is 0 Å². The molecule has 0 saturated heterocycles. The highest BCUT2D eigenvalue weighted by Gasteiger charge is 2.15. The third kappa shape index (κ3) is 3.57. The third-order valence-corrected chi connectivity index (χ3v) is 3.76. The first-order chi connectivity index (χ1) is 12.1. The van der Waals surface area contributed by atoms with E-state index in [9.17, 15) is 8.78 Å². The predicted octanol–water partition coefficient (Wildman–Crippen LogP) is 5.19. The van der Waals surface area contributed by atoms with Crippen LogP contribution in [0.25, 0.3) is 11.1 Å². The molecule has 0 aliphatic carbocycles. The second-order valence-corrected chi connectivity index (χ2v) is 5.36. The topological polar surface area (TPSA) is 44.2 Å². The monoisotopic (exact) mass is 342 g/mol. The zero-order valence-electron chi connectivity index (χ0n) is 13.7. The maximum Gasteiger partial charge on any atom is 0.264 e. The smallest absolute Gasteiger partial charge is 0.264 e. The SMILES string of the molecule is COc1ccccc1-c1cncnc1Oc1ccc(C(F)F)c(C)c1. The van der Waals surface area contributed by atoms with Crippen molar-refractivity contribution in [2.75, 3.05) is 7.11 Å². The summed E-state index contributed by atoms with van der Waals surface area (Å²) in [6.45, 7) is 1.62. The summed E-state index contributed by atoms with van der Waals surface area (Å²) in [5.74, 6) is 1.41. The Morgan fingerprint density at radius 1 is 1.04 bits per heavy atom. The maximum atomic E-state index is 12.9. The lowest BCUT2D eigenvalue weighted by Gasteiger charge is -2.13. The summed E-state index contributed by atoms with van der Waals surface area (Å²) < 4.78 is 37.0. The van der Waals surface area contributed by atoms with Gasteiger partial charge in [0.05, 0.1) is 12.7 Å². The lowest BCUT2D eigenvalue weighted by Crippen LogP contribution is -1.96. The van der Waals surface area contributed by atoms with Gasteiger partial charge in [0.15, 0.2) is 0 Å². The fraction of sp³-hybridized carbons (Fsp3) is 0.158. The quantitative estimate of drug-likeness (QED) is 0.640. The molecule has 0 unspecified atom stereocenters. The van der Waals surface area contributed by atoms with E-state index in [2.05, 4.69) is 9.97 Å². The lowest BCUT2D eigenvalue weighted by atomic mass is 10.1. The minimum Gasteiger partial charge on any atom is -0.496 e. The van der Waals surface area contributed by atoms with Gasteiger partial charge in [-0.1, -0.05) is 18.2 Å². The fourth-order valence-electron chi connectivity index (χ4n) is 2.52. The molecule has 0 radical (unpaired) electrons. The molecule has 0 aliphatic heterocycles. The zero-order chi connectivity index (χ0) is 17.8. The number of hydrogen-bond acceptors (Lipinski definition) is 4. The molecule has 4 nitrogen and oxygen atoms in total. The van der Waals surface area contributed by atoms with Gasteiger partial charge in [0.25, 0.3) is 6.43 Å². The number of hydrogen-bond donors (Lipinski definition) is 0. The Labute approximate surface area is 144 Å².